The fraction of sp³-hybridized carbons (Fsp3) is 0.944. The molecule has 0 saturated carbocycles. The minimum absolute atomic E-state index is 0.00185. The van der Waals surface area contributed by atoms with E-state index < -0.39 is 10.0 Å². The summed E-state index contributed by atoms with van der Waals surface area (Å²) in [6.07, 6.45) is 7.57. The maximum Gasteiger partial charge on any atom is 0.407 e. The van der Waals surface area contributed by atoms with Crippen LogP contribution in [0.25, 0.3) is 0 Å². The minimum atomic E-state index is -0.619. The van der Waals surface area contributed by atoms with Gasteiger partial charge < -0.3 is 14.8 Å². The van der Waals surface area contributed by atoms with Crippen molar-refractivity contribution in [2.24, 2.45) is 10.8 Å². The number of nitrogens with one attached hydrogen (secondary N) is 1. The summed E-state index contributed by atoms with van der Waals surface area (Å²) in [5.74, 6) is 0.948. The largest absolute Gasteiger partial charge is 0.449 e. The molecule has 5 heteroatoms. The van der Waals surface area contributed by atoms with Crippen LogP contribution >= 0.6 is 10.0 Å². The summed E-state index contributed by atoms with van der Waals surface area (Å²) in [6, 6.07) is 0. The van der Waals surface area contributed by atoms with E-state index >= 15 is 0 Å². The van der Waals surface area contributed by atoms with Gasteiger partial charge in [-0.15, -0.1) is 0 Å². The first-order chi connectivity index (χ1) is 10.2. The molecule has 4 nitrogen and oxygen atoms in total. The summed E-state index contributed by atoms with van der Waals surface area (Å²) in [4.78, 5) is 11.8. The van der Waals surface area contributed by atoms with E-state index in [1.54, 1.807) is 0 Å². The molecule has 0 fully saturated rings. The molecule has 0 bridgehead atoms. The quantitative estimate of drug-likeness (QED) is 0.640. The van der Waals surface area contributed by atoms with Crippen LogP contribution in [-0.4, -0.2) is 56.5 Å². The Morgan fingerprint density at radius 3 is 2.13 bits per heavy atom. The summed E-state index contributed by atoms with van der Waals surface area (Å²) >= 11 is 0. The molecule has 0 heterocycles. The maximum absolute atomic E-state index is 11.8. The number of alkyl carbamates (subject to hydrolysis) is 1. The Hall–Kier alpha value is -0.420. The predicted molar refractivity (Wildman–Crippen MR) is 103 cm³/mol. The van der Waals surface area contributed by atoms with Crippen molar-refractivity contribution in [3.8, 4) is 0 Å². The van der Waals surface area contributed by atoms with E-state index in [-0.39, 0.29) is 23.0 Å². The average Bonchev–Trinajstić information content (AvgIpc) is 2.31. The highest BCUT2D eigenvalue weighted by atomic mass is 32.3. The molecule has 0 aliphatic carbocycles. The van der Waals surface area contributed by atoms with Crippen LogP contribution < -0.4 is 5.32 Å². The Bertz CT molecular complexity index is 360. The van der Waals surface area contributed by atoms with Crippen LogP contribution in [-0.2, 0) is 9.47 Å². The molecule has 0 aliphatic rings. The zero-order valence-corrected chi connectivity index (χ0v) is 17.6. The van der Waals surface area contributed by atoms with Crippen molar-refractivity contribution in [1.29, 1.82) is 0 Å². The van der Waals surface area contributed by atoms with Crippen molar-refractivity contribution in [3.63, 3.8) is 0 Å². The highest BCUT2D eigenvalue weighted by Crippen LogP contribution is 2.34. The summed E-state index contributed by atoms with van der Waals surface area (Å²) in [7, 11) is -0.619. The van der Waals surface area contributed by atoms with Gasteiger partial charge in [-0.25, -0.2) is 14.8 Å². The van der Waals surface area contributed by atoms with Crippen LogP contribution in [0, 0.1) is 10.8 Å². The average molecular weight is 350 g/mol. The number of rotatable bonds is 10. The minimum Gasteiger partial charge on any atom is -0.449 e. The SMILES string of the molecule is CC(C)OCC(C)(C)CC(C)(C)CNC(=O)OCCS(C)(C)C. The highest BCUT2D eigenvalue weighted by molar-refractivity contribution is 8.32. The van der Waals surface area contributed by atoms with Crippen LogP contribution in [0.1, 0.15) is 48.0 Å². The van der Waals surface area contributed by atoms with Crippen LogP contribution in [0.4, 0.5) is 4.79 Å². The zero-order valence-electron chi connectivity index (χ0n) is 16.7. The first kappa shape index (κ1) is 22.6. The first-order valence-corrected chi connectivity index (χ1v) is 11.4. The Labute approximate surface area is 145 Å². The van der Waals surface area contributed by atoms with E-state index in [0.717, 1.165) is 18.8 Å². The smallest absolute Gasteiger partial charge is 0.407 e. The molecule has 0 rings (SSSR count). The van der Waals surface area contributed by atoms with E-state index in [9.17, 15) is 4.79 Å². The second kappa shape index (κ2) is 9.16. The standard InChI is InChI=1S/C18H39NO3S/c1-15(2)22-14-18(5,6)12-17(3,4)13-19-16(20)21-10-11-23(7,8)9/h15H,10-14H2,1-9H3,(H,19,20). The maximum atomic E-state index is 11.8. The third kappa shape index (κ3) is 13.7. The molecule has 0 atom stereocenters. The van der Waals surface area contributed by atoms with Gasteiger partial charge in [0.05, 0.1) is 12.7 Å². The number of hydrogen-bond acceptors (Lipinski definition) is 3. The van der Waals surface area contributed by atoms with Crippen molar-refractivity contribution < 1.29 is 14.3 Å². The normalized spacial score (nSPS) is 14.0. The Balaban J connectivity index is 4.18. The molecule has 1 N–H and O–H groups in total. The molecule has 0 aromatic rings. The van der Waals surface area contributed by atoms with E-state index in [4.69, 9.17) is 9.47 Å². The summed E-state index contributed by atoms with van der Waals surface area (Å²) < 4.78 is 11.0. The lowest BCUT2D eigenvalue weighted by atomic mass is 9.75. The lowest BCUT2D eigenvalue weighted by Crippen LogP contribution is -2.38. The van der Waals surface area contributed by atoms with E-state index in [2.05, 4.69) is 65.6 Å². The predicted octanol–water partition coefficient (Wildman–Crippen LogP) is 4.27. The van der Waals surface area contributed by atoms with Gasteiger partial charge in [0.1, 0.15) is 6.61 Å². The molecular weight excluding hydrogens is 310 g/mol. The van der Waals surface area contributed by atoms with Gasteiger partial charge in [-0.3, -0.25) is 0 Å². The Morgan fingerprint density at radius 2 is 1.65 bits per heavy atom. The van der Waals surface area contributed by atoms with Gasteiger partial charge in [-0.2, -0.15) is 0 Å². The van der Waals surface area contributed by atoms with Crippen LogP contribution in [0.15, 0.2) is 0 Å². The zero-order chi connectivity index (χ0) is 18.3. The van der Waals surface area contributed by atoms with Gasteiger partial charge in [-0.1, -0.05) is 27.7 Å². The molecule has 0 radical (unpaired) electrons. The van der Waals surface area contributed by atoms with Gasteiger partial charge in [-0.05, 0) is 49.9 Å². The third-order valence-corrected chi connectivity index (χ3v) is 4.80. The van der Waals surface area contributed by atoms with Crippen LogP contribution in [0.2, 0.25) is 0 Å². The molecule has 23 heavy (non-hydrogen) atoms. The van der Waals surface area contributed by atoms with Gasteiger partial charge >= 0.3 is 6.09 Å². The number of hydrogen-bond donors (Lipinski definition) is 1. The van der Waals surface area contributed by atoms with Crippen molar-refractivity contribution in [1.82, 2.24) is 5.32 Å². The van der Waals surface area contributed by atoms with Gasteiger partial charge in [0.25, 0.3) is 0 Å². The monoisotopic (exact) mass is 349 g/mol. The summed E-state index contributed by atoms with van der Waals surface area (Å²) in [5.41, 5.74) is 0.0765. The second-order valence-electron chi connectivity index (χ2n) is 9.15. The van der Waals surface area contributed by atoms with Gasteiger partial charge in [0.2, 0.25) is 0 Å². The third-order valence-electron chi connectivity index (χ3n) is 3.40. The van der Waals surface area contributed by atoms with Crippen molar-refractivity contribution in [3.05, 3.63) is 0 Å². The molecule has 1 amide bonds. The van der Waals surface area contributed by atoms with Gasteiger partial charge in [0.15, 0.2) is 0 Å². The number of ether oxygens (including phenoxy) is 2. The Kier molecular flexibility index (Phi) is 9.00. The van der Waals surface area contributed by atoms with E-state index in [1.165, 1.54) is 0 Å². The summed E-state index contributed by atoms with van der Waals surface area (Å²) in [6.45, 7) is 14.7. The molecule has 0 aromatic heterocycles. The van der Waals surface area contributed by atoms with E-state index in [1.807, 2.05) is 0 Å². The molecule has 0 aromatic carbocycles. The second-order valence-corrected chi connectivity index (χ2v) is 13.7. The molecule has 0 unspecified atom stereocenters. The fourth-order valence-corrected chi connectivity index (χ4v) is 3.13. The number of carbonyl (C=O) groups is 1. The Morgan fingerprint density at radius 1 is 1.09 bits per heavy atom. The summed E-state index contributed by atoms with van der Waals surface area (Å²) in [5, 5.41) is 2.90. The van der Waals surface area contributed by atoms with Crippen LogP contribution in [0.5, 0.6) is 0 Å². The molecule has 0 aliphatic heterocycles. The van der Waals surface area contributed by atoms with Crippen molar-refractivity contribution >= 4 is 16.1 Å². The van der Waals surface area contributed by atoms with Crippen molar-refractivity contribution in [2.45, 2.75) is 54.1 Å². The van der Waals surface area contributed by atoms with Crippen LogP contribution in [0.3, 0.4) is 0 Å². The molecular formula is C18H39NO3S. The lowest BCUT2D eigenvalue weighted by Gasteiger charge is -2.35. The van der Waals surface area contributed by atoms with E-state index in [0.29, 0.717) is 13.2 Å². The lowest BCUT2D eigenvalue weighted by molar-refractivity contribution is 0.00343. The molecule has 0 saturated heterocycles. The number of carbonyl (C=O) groups excluding carboxylic acids is 1. The first-order valence-electron chi connectivity index (χ1n) is 8.41. The van der Waals surface area contributed by atoms with Gasteiger partial charge in [0, 0.05) is 12.3 Å². The molecule has 0 spiro atoms. The fourth-order valence-electron chi connectivity index (χ4n) is 2.55. The number of amides is 1. The van der Waals surface area contributed by atoms with Crippen molar-refractivity contribution in [2.75, 3.05) is 44.3 Å². The topological polar surface area (TPSA) is 47.6 Å². The highest BCUT2D eigenvalue weighted by Gasteiger charge is 2.30. The molecule has 140 valence electrons.